The first-order valence-corrected chi connectivity index (χ1v) is 20.6. The third-order valence-corrected chi connectivity index (χ3v) is 13.0. The lowest BCUT2D eigenvalue weighted by molar-refractivity contribution is 0.370. The lowest BCUT2D eigenvalue weighted by Crippen LogP contribution is -2.32. The van der Waals surface area contributed by atoms with Crippen LogP contribution in [0.15, 0.2) is 169 Å². The summed E-state index contributed by atoms with van der Waals surface area (Å²) in [7, 11) is 0. The standard InChI is InChI=1S/C54H54N2/c1-35(2)45-31-41(55(37-21-13-9-14-22-37)38-23-15-10-16-24-38)33-47-49(45)43-29-30-44-50-46(36(3)4)32-42(34-48(50)54(7,8)52(44)51(43)53(47,5)6)56(39-25-17-11-18-26-39)40-27-19-12-20-28-40/h9-36,47,49H,1-8H3. The van der Waals surface area contributed by atoms with Crippen molar-refractivity contribution in [1.82, 2.24) is 0 Å². The van der Waals surface area contributed by atoms with Crippen molar-refractivity contribution in [3.05, 3.63) is 197 Å². The highest BCUT2D eigenvalue weighted by Crippen LogP contribution is 2.64. The molecule has 56 heavy (non-hydrogen) atoms. The third kappa shape index (κ3) is 5.60. The fraction of sp³-hybridized carbons (Fsp3) is 0.259. The van der Waals surface area contributed by atoms with Gasteiger partial charge in [0.1, 0.15) is 0 Å². The number of para-hydroxylation sites is 4. The SMILES string of the molecule is CC(C)C1=CC(N(c2ccccc2)c2ccccc2)=CC2C1c1ccc3c(c1C2(C)C)C(C)(C)c1cc(N(c2ccccc2)c2ccccc2)cc(C(C)C)c1-3. The molecule has 2 atom stereocenters. The summed E-state index contributed by atoms with van der Waals surface area (Å²) in [5.41, 5.74) is 18.7. The second-order valence-electron chi connectivity index (χ2n) is 17.8. The monoisotopic (exact) mass is 730 g/mol. The molecule has 0 heterocycles. The van der Waals surface area contributed by atoms with Gasteiger partial charge in [-0.1, -0.05) is 152 Å². The molecule has 280 valence electrons. The lowest BCUT2D eigenvalue weighted by Gasteiger charge is -2.38. The smallest absolute Gasteiger partial charge is 0.0467 e. The van der Waals surface area contributed by atoms with Gasteiger partial charge in [0.2, 0.25) is 0 Å². The van der Waals surface area contributed by atoms with E-state index in [9.17, 15) is 0 Å². The van der Waals surface area contributed by atoms with Crippen molar-refractivity contribution in [3.8, 4) is 11.1 Å². The Labute approximate surface area is 334 Å². The van der Waals surface area contributed by atoms with Crippen LogP contribution in [0.2, 0.25) is 0 Å². The largest absolute Gasteiger partial charge is 0.311 e. The van der Waals surface area contributed by atoms with E-state index in [1.165, 1.54) is 73.1 Å². The number of nitrogens with zero attached hydrogens (tertiary/aromatic N) is 2. The van der Waals surface area contributed by atoms with Gasteiger partial charge in [-0.3, -0.25) is 0 Å². The summed E-state index contributed by atoms with van der Waals surface area (Å²) in [5.74, 6) is 1.39. The van der Waals surface area contributed by atoms with E-state index < -0.39 is 0 Å². The summed E-state index contributed by atoms with van der Waals surface area (Å²) in [5, 5.41) is 0. The van der Waals surface area contributed by atoms with E-state index in [0.29, 0.717) is 23.7 Å². The Kier molecular flexibility index (Phi) is 8.73. The second kappa shape index (κ2) is 13.6. The van der Waals surface area contributed by atoms with E-state index in [0.717, 1.165) is 0 Å². The van der Waals surface area contributed by atoms with Gasteiger partial charge < -0.3 is 9.80 Å². The highest BCUT2D eigenvalue weighted by molar-refractivity contribution is 5.90. The number of allylic oxidation sites excluding steroid dienone is 3. The molecule has 0 amide bonds. The highest BCUT2D eigenvalue weighted by Gasteiger charge is 2.53. The average Bonchev–Trinajstić information content (AvgIpc) is 3.58. The van der Waals surface area contributed by atoms with E-state index in [1.807, 2.05) is 0 Å². The maximum Gasteiger partial charge on any atom is 0.0467 e. The molecule has 0 saturated heterocycles. The minimum absolute atomic E-state index is 0.107. The van der Waals surface area contributed by atoms with Crippen molar-refractivity contribution >= 4 is 28.4 Å². The van der Waals surface area contributed by atoms with Crippen LogP contribution in [0.25, 0.3) is 11.1 Å². The van der Waals surface area contributed by atoms with Crippen LogP contribution in [0.5, 0.6) is 0 Å². The van der Waals surface area contributed by atoms with Crippen molar-refractivity contribution in [2.45, 2.75) is 78.1 Å². The molecule has 2 heteroatoms. The van der Waals surface area contributed by atoms with Crippen molar-refractivity contribution in [2.24, 2.45) is 11.8 Å². The Hall–Kier alpha value is -5.60. The zero-order valence-electron chi connectivity index (χ0n) is 34.2. The summed E-state index contributed by atoms with van der Waals surface area (Å²) in [6, 6.07) is 53.5. The molecular weight excluding hydrogens is 677 g/mol. The van der Waals surface area contributed by atoms with Crippen molar-refractivity contribution in [2.75, 3.05) is 9.80 Å². The Morgan fingerprint density at radius 2 is 1.02 bits per heavy atom. The third-order valence-electron chi connectivity index (χ3n) is 13.0. The van der Waals surface area contributed by atoms with Crippen LogP contribution in [0.4, 0.5) is 28.4 Å². The van der Waals surface area contributed by atoms with Crippen LogP contribution in [0.3, 0.4) is 0 Å². The van der Waals surface area contributed by atoms with Gasteiger partial charge in [0.05, 0.1) is 0 Å². The molecule has 2 unspecified atom stereocenters. The Morgan fingerprint density at radius 1 is 0.518 bits per heavy atom. The molecule has 2 nitrogen and oxygen atoms in total. The summed E-state index contributed by atoms with van der Waals surface area (Å²) in [6.45, 7) is 19.6. The number of fused-ring (bicyclic) bond motifs is 7. The normalized spacial score (nSPS) is 18.5. The highest BCUT2D eigenvalue weighted by atomic mass is 15.2. The summed E-state index contributed by atoms with van der Waals surface area (Å²) >= 11 is 0. The molecule has 0 fully saturated rings. The zero-order chi connectivity index (χ0) is 38.9. The number of hydrogen-bond acceptors (Lipinski definition) is 2. The second-order valence-corrected chi connectivity index (χ2v) is 17.8. The average molecular weight is 731 g/mol. The number of hydrogen-bond donors (Lipinski definition) is 0. The molecule has 3 aliphatic carbocycles. The minimum atomic E-state index is -0.201. The molecule has 6 aromatic carbocycles. The molecule has 0 radical (unpaired) electrons. The van der Waals surface area contributed by atoms with E-state index in [2.05, 4.69) is 223 Å². The molecule has 0 saturated carbocycles. The summed E-state index contributed by atoms with van der Waals surface area (Å²) < 4.78 is 0. The molecule has 9 rings (SSSR count). The topological polar surface area (TPSA) is 6.48 Å². The molecule has 3 aliphatic rings. The first-order chi connectivity index (χ1) is 27.0. The van der Waals surface area contributed by atoms with Gasteiger partial charge in [-0.25, -0.2) is 0 Å². The summed E-state index contributed by atoms with van der Waals surface area (Å²) in [6.07, 6.45) is 5.14. The Morgan fingerprint density at radius 3 is 1.50 bits per heavy atom. The van der Waals surface area contributed by atoms with Gasteiger partial charge in [-0.15, -0.1) is 0 Å². The first kappa shape index (κ1) is 36.1. The fourth-order valence-electron chi connectivity index (χ4n) is 10.4. The van der Waals surface area contributed by atoms with Crippen LogP contribution >= 0.6 is 0 Å². The Balaban J connectivity index is 1.23. The first-order valence-electron chi connectivity index (χ1n) is 20.6. The van der Waals surface area contributed by atoms with Gasteiger partial charge in [0, 0.05) is 45.5 Å². The van der Waals surface area contributed by atoms with Crippen molar-refractivity contribution < 1.29 is 0 Å². The van der Waals surface area contributed by atoms with Crippen LogP contribution in [-0.4, -0.2) is 0 Å². The predicted molar refractivity (Wildman–Crippen MR) is 238 cm³/mol. The van der Waals surface area contributed by atoms with Crippen LogP contribution < -0.4 is 9.80 Å². The lowest BCUT2D eigenvalue weighted by atomic mass is 9.68. The summed E-state index contributed by atoms with van der Waals surface area (Å²) in [4.78, 5) is 4.90. The van der Waals surface area contributed by atoms with Crippen LogP contribution in [0.1, 0.15) is 95.0 Å². The minimum Gasteiger partial charge on any atom is -0.311 e. The molecule has 0 aliphatic heterocycles. The van der Waals surface area contributed by atoms with Crippen molar-refractivity contribution in [1.29, 1.82) is 0 Å². The van der Waals surface area contributed by atoms with Gasteiger partial charge in [-0.05, 0) is 129 Å². The number of rotatable bonds is 8. The predicted octanol–water partition coefficient (Wildman–Crippen LogP) is 14.9. The van der Waals surface area contributed by atoms with Gasteiger partial charge in [-0.2, -0.15) is 0 Å². The van der Waals surface area contributed by atoms with Gasteiger partial charge in [0.15, 0.2) is 0 Å². The van der Waals surface area contributed by atoms with E-state index in [1.54, 1.807) is 5.56 Å². The molecule has 0 aromatic heterocycles. The van der Waals surface area contributed by atoms with Gasteiger partial charge in [0.25, 0.3) is 0 Å². The molecule has 6 aromatic rings. The van der Waals surface area contributed by atoms with E-state index >= 15 is 0 Å². The van der Waals surface area contributed by atoms with Crippen LogP contribution in [-0.2, 0) is 10.8 Å². The van der Waals surface area contributed by atoms with Gasteiger partial charge >= 0.3 is 0 Å². The maximum absolute atomic E-state index is 2.62. The quantitative estimate of drug-likeness (QED) is 0.154. The molecular formula is C54H54N2. The zero-order valence-corrected chi connectivity index (χ0v) is 34.2. The fourth-order valence-corrected chi connectivity index (χ4v) is 10.4. The Bertz CT molecular complexity index is 2390. The number of benzene rings is 6. The van der Waals surface area contributed by atoms with Crippen molar-refractivity contribution in [3.63, 3.8) is 0 Å². The van der Waals surface area contributed by atoms with E-state index in [4.69, 9.17) is 0 Å². The van der Waals surface area contributed by atoms with E-state index in [-0.39, 0.29) is 10.8 Å². The molecule has 0 bridgehead atoms. The number of anilines is 5. The molecule has 0 spiro atoms. The van der Waals surface area contributed by atoms with Crippen LogP contribution in [0, 0.1) is 11.8 Å². The maximum atomic E-state index is 2.62. The molecule has 0 N–H and O–H groups in total.